The molecular formula is C11H20N4. The van der Waals surface area contributed by atoms with Crippen molar-refractivity contribution in [2.24, 2.45) is 16.5 Å². The minimum Gasteiger partial charge on any atom is -0.394 e. The molecule has 0 aliphatic carbocycles. The lowest BCUT2D eigenvalue weighted by atomic mass is 10.3. The minimum absolute atomic E-state index is 0.314. The fraction of sp³-hybridized carbons (Fsp3) is 0.364. The molecule has 84 valence electrons. The van der Waals surface area contributed by atoms with Crippen LogP contribution in [0.4, 0.5) is 0 Å². The fourth-order valence-corrected chi connectivity index (χ4v) is 0.867. The molecule has 0 radical (unpaired) electrons. The van der Waals surface area contributed by atoms with E-state index in [-0.39, 0.29) is 0 Å². The highest BCUT2D eigenvalue weighted by molar-refractivity contribution is 5.96. The van der Waals surface area contributed by atoms with E-state index < -0.39 is 0 Å². The van der Waals surface area contributed by atoms with Gasteiger partial charge in [-0.3, -0.25) is 0 Å². The Hall–Kier alpha value is -1.71. The molecule has 0 amide bonds. The molecule has 0 aliphatic rings. The summed E-state index contributed by atoms with van der Waals surface area (Å²) in [7, 11) is 0. The second kappa shape index (κ2) is 7.67. The van der Waals surface area contributed by atoms with E-state index >= 15 is 0 Å². The lowest BCUT2D eigenvalue weighted by Gasteiger charge is -2.05. The van der Waals surface area contributed by atoms with Crippen molar-refractivity contribution in [1.29, 1.82) is 0 Å². The monoisotopic (exact) mass is 208 g/mol. The highest BCUT2D eigenvalue weighted by Crippen LogP contribution is 1.95. The van der Waals surface area contributed by atoms with Gasteiger partial charge < -0.3 is 16.8 Å². The predicted octanol–water partition coefficient (Wildman–Crippen LogP) is 1.58. The maximum Gasteiger partial charge on any atom is 0.148 e. The first-order chi connectivity index (χ1) is 7.13. The Morgan fingerprint density at radius 3 is 2.67 bits per heavy atom. The summed E-state index contributed by atoms with van der Waals surface area (Å²) in [5.74, 6) is 0.314. The lowest BCUT2D eigenvalue weighted by Crippen LogP contribution is -2.25. The largest absolute Gasteiger partial charge is 0.394 e. The number of aliphatic imine (C=N–C) groups is 1. The summed E-state index contributed by atoms with van der Waals surface area (Å²) in [5.41, 5.74) is 12.6. The Labute approximate surface area is 91.4 Å². The van der Waals surface area contributed by atoms with E-state index in [0.717, 1.165) is 18.5 Å². The van der Waals surface area contributed by atoms with Gasteiger partial charge in [0.25, 0.3) is 0 Å². The Kier molecular flexibility index (Phi) is 6.80. The Balaban J connectivity index is 4.48. The van der Waals surface area contributed by atoms with Gasteiger partial charge >= 0.3 is 0 Å². The lowest BCUT2D eigenvalue weighted by molar-refractivity contribution is 0.956. The zero-order valence-corrected chi connectivity index (χ0v) is 9.46. The normalized spacial score (nSPS) is 13.9. The SMILES string of the molecule is C=CN/C(C)=C(N)/C(N)=N/C=C/CCC. The number of unbranched alkanes of at least 4 members (excludes halogenated alkanes) is 1. The maximum atomic E-state index is 5.74. The van der Waals surface area contributed by atoms with Gasteiger partial charge in [-0.1, -0.05) is 26.0 Å². The van der Waals surface area contributed by atoms with Crippen molar-refractivity contribution >= 4 is 5.84 Å². The van der Waals surface area contributed by atoms with E-state index in [9.17, 15) is 0 Å². The summed E-state index contributed by atoms with van der Waals surface area (Å²) in [5, 5.41) is 2.86. The second-order valence-electron chi connectivity index (χ2n) is 3.07. The molecule has 0 aromatic carbocycles. The average molecular weight is 208 g/mol. The molecule has 0 fully saturated rings. The van der Waals surface area contributed by atoms with Crippen molar-refractivity contribution in [3.8, 4) is 0 Å². The molecule has 0 saturated carbocycles. The van der Waals surface area contributed by atoms with Gasteiger partial charge in [-0.25, -0.2) is 4.99 Å². The van der Waals surface area contributed by atoms with Gasteiger partial charge in [0.05, 0.1) is 5.70 Å². The van der Waals surface area contributed by atoms with Crippen molar-refractivity contribution in [1.82, 2.24) is 5.32 Å². The van der Waals surface area contributed by atoms with Crippen LogP contribution in [0.1, 0.15) is 26.7 Å². The predicted molar refractivity (Wildman–Crippen MR) is 65.9 cm³/mol. The zero-order chi connectivity index (χ0) is 11.7. The number of rotatable bonds is 6. The molecule has 0 aromatic rings. The Morgan fingerprint density at radius 2 is 2.13 bits per heavy atom. The molecule has 0 rings (SSSR count). The topological polar surface area (TPSA) is 76.4 Å². The first kappa shape index (κ1) is 13.3. The number of hydrogen-bond acceptors (Lipinski definition) is 3. The summed E-state index contributed by atoms with van der Waals surface area (Å²) in [6.07, 6.45) is 7.25. The van der Waals surface area contributed by atoms with Gasteiger partial charge in [0, 0.05) is 11.9 Å². The average Bonchev–Trinajstić information content (AvgIpc) is 2.23. The summed E-state index contributed by atoms with van der Waals surface area (Å²) in [6, 6.07) is 0. The van der Waals surface area contributed by atoms with E-state index in [1.807, 2.05) is 13.0 Å². The molecule has 0 aromatic heterocycles. The number of allylic oxidation sites excluding steroid dienone is 2. The van der Waals surface area contributed by atoms with Gasteiger partial charge in [0.2, 0.25) is 0 Å². The van der Waals surface area contributed by atoms with Gasteiger partial charge in [0.15, 0.2) is 0 Å². The Bertz CT molecular complexity index is 287. The number of nitrogens with two attached hydrogens (primary N) is 2. The van der Waals surface area contributed by atoms with Crippen LogP contribution in [0, 0.1) is 0 Å². The third kappa shape index (κ3) is 5.57. The molecule has 0 aliphatic heterocycles. The number of amidine groups is 1. The van der Waals surface area contributed by atoms with E-state index in [0.29, 0.717) is 11.5 Å². The summed E-state index contributed by atoms with van der Waals surface area (Å²) >= 11 is 0. The molecule has 4 nitrogen and oxygen atoms in total. The van der Waals surface area contributed by atoms with Crippen LogP contribution >= 0.6 is 0 Å². The van der Waals surface area contributed by atoms with Crippen molar-refractivity contribution in [3.63, 3.8) is 0 Å². The van der Waals surface area contributed by atoms with Crippen LogP contribution in [-0.4, -0.2) is 5.84 Å². The standard InChI is InChI=1S/C11H20N4/c1-4-6-7-8-15-11(13)10(12)9(3)14-5-2/h5,7-8,14H,2,4,6,12H2,1,3H3,(H2,13,15)/b8-7+,10-9-. The maximum absolute atomic E-state index is 5.74. The van der Waals surface area contributed by atoms with Crippen molar-refractivity contribution < 1.29 is 0 Å². The molecular weight excluding hydrogens is 188 g/mol. The van der Waals surface area contributed by atoms with Crippen molar-refractivity contribution in [2.45, 2.75) is 26.7 Å². The van der Waals surface area contributed by atoms with Crippen molar-refractivity contribution in [3.05, 3.63) is 36.4 Å². The highest BCUT2D eigenvalue weighted by Gasteiger charge is 1.99. The second-order valence-corrected chi connectivity index (χ2v) is 3.07. The number of nitrogens with one attached hydrogen (secondary N) is 1. The summed E-state index contributed by atoms with van der Waals surface area (Å²) < 4.78 is 0. The molecule has 5 N–H and O–H groups in total. The van der Waals surface area contributed by atoms with E-state index in [1.165, 1.54) is 0 Å². The summed E-state index contributed by atoms with van der Waals surface area (Å²) in [6.45, 7) is 7.45. The molecule has 4 heteroatoms. The van der Waals surface area contributed by atoms with Crippen LogP contribution in [0.2, 0.25) is 0 Å². The fourth-order valence-electron chi connectivity index (χ4n) is 0.867. The van der Waals surface area contributed by atoms with Crippen LogP contribution in [0.5, 0.6) is 0 Å². The molecule has 0 unspecified atom stereocenters. The van der Waals surface area contributed by atoms with Gasteiger partial charge in [-0.15, -0.1) is 0 Å². The zero-order valence-electron chi connectivity index (χ0n) is 9.46. The van der Waals surface area contributed by atoms with Crippen LogP contribution in [-0.2, 0) is 0 Å². The summed E-state index contributed by atoms with van der Waals surface area (Å²) in [4.78, 5) is 4.02. The van der Waals surface area contributed by atoms with E-state index in [4.69, 9.17) is 11.5 Å². The first-order valence-electron chi connectivity index (χ1n) is 4.95. The van der Waals surface area contributed by atoms with Gasteiger partial charge in [-0.05, 0) is 19.5 Å². The third-order valence-corrected chi connectivity index (χ3v) is 1.77. The van der Waals surface area contributed by atoms with Crippen LogP contribution in [0.3, 0.4) is 0 Å². The van der Waals surface area contributed by atoms with E-state index in [1.54, 1.807) is 12.4 Å². The first-order valence-corrected chi connectivity index (χ1v) is 4.95. The smallest absolute Gasteiger partial charge is 0.148 e. The van der Waals surface area contributed by atoms with Crippen LogP contribution in [0.15, 0.2) is 41.4 Å². The van der Waals surface area contributed by atoms with Gasteiger partial charge in [-0.2, -0.15) is 0 Å². The molecule has 0 bridgehead atoms. The third-order valence-electron chi connectivity index (χ3n) is 1.77. The number of hydrogen-bond donors (Lipinski definition) is 3. The van der Waals surface area contributed by atoms with Gasteiger partial charge in [0.1, 0.15) is 5.84 Å². The highest BCUT2D eigenvalue weighted by atomic mass is 14.9. The van der Waals surface area contributed by atoms with Crippen LogP contribution < -0.4 is 16.8 Å². The molecule has 0 atom stereocenters. The molecule has 0 heterocycles. The molecule has 15 heavy (non-hydrogen) atoms. The Morgan fingerprint density at radius 1 is 1.47 bits per heavy atom. The van der Waals surface area contributed by atoms with Crippen molar-refractivity contribution in [2.75, 3.05) is 0 Å². The van der Waals surface area contributed by atoms with E-state index in [2.05, 4.69) is 23.8 Å². The van der Waals surface area contributed by atoms with Crippen LogP contribution in [0.25, 0.3) is 0 Å². The molecule has 0 spiro atoms. The number of nitrogens with zero attached hydrogens (tertiary/aromatic N) is 1. The molecule has 0 saturated heterocycles. The minimum atomic E-state index is 0.314. The quantitative estimate of drug-likeness (QED) is 0.458.